The van der Waals surface area contributed by atoms with Crippen molar-refractivity contribution < 1.29 is 9.53 Å². The van der Waals surface area contributed by atoms with Crippen LogP contribution in [0.2, 0.25) is 0 Å². The second-order valence-electron chi connectivity index (χ2n) is 10.3. The Morgan fingerprint density at radius 1 is 1.09 bits per heavy atom. The molecule has 1 saturated heterocycles. The standard InChI is InChI=1S/C28H47N3O2/c1-29-21-26(20-23-12-5-3-6-13-23)30-28(32)31-18-11-16-25(22-31)27(17-9-10-19-33-2)24-14-7-4-8-15-24/h4,7-8,14-15,23,25-27,29H,3,5-6,9-13,16-22H2,1-2H3,(H,30,32)/t25?,26-,27?/m0/s1. The number of urea groups is 1. The number of methoxy groups -OCH3 is 1. The zero-order valence-electron chi connectivity index (χ0n) is 21.1. The number of nitrogens with zero attached hydrogens (tertiary/aromatic N) is 1. The summed E-state index contributed by atoms with van der Waals surface area (Å²) in [6.45, 7) is 3.43. The van der Waals surface area contributed by atoms with Crippen LogP contribution < -0.4 is 10.6 Å². The number of hydrogen-bond donors (Lipinski definition) is 2. The van der Waals surface area contributed by atoms with Gasteiger partial charge in [0.15, 0.2) is 0 Å². The minimum atomic E-state index is 0.141. The molecule has 2 unspecified atom stereocenters. The number of hydrogen-bond acceptors (Lipinski definition) is 3. The maximum Gasteiger partial charge on any atom is 0.317 e. The quantitative estimate of drug-likeness (QED) is 0.404. The Bertz CT molecular complexity index is 662. The van der Waals surface area contributed by atoms with Crippen LogP contribution in [-0.2, 0) is 4.74 Å². The summed E-state index contributed by atoms with van der Waals surface area (Å²) in [7, 11) is 3.77. The molecule has 1 aliphatic carbocycles. The van der Waals surface area contributed by atoms with Gasteiger partial charge in [0.2, 0.25) is 0 Å². The first-order chi connectivity index (χ1) is 16.2. The molecule has 1 aliphatic heterocycles. The van der Waals surface area contributed by atoms with E-state index in [1.165, 1.54) is 50.5 Å². The molecule has 0 radical (unpaired) electrons. The molecule has 33 heavy (non-hydrogen) atoms. The third kappa shape index (κ3) is 8.60. The van der Waals surface area contributed by atoms with Crippen molar-refractivity contribution in [3.63, 3.8) is 0 Å². The van der Waals surface area contributed by atoms with Crippen LogP contribution >= 0.6 is 0 Å². The maximum absolute atomic E-state index is 13.3. The van der Waals surface area contributed by atoms with Gasteiger partial charge in [0.25, 0.3) is 0 Å². The number of likely N-dealkylation sites (N-methyl/N-ethyl adjacent to an activating group) is 1. The maximum atomic E-state index is 13.3. The summed E-state index contributed by atoms with van der Waals surface area (Å²) in [5.74, 6) is 1.80. The van der Waals surface area contributed by atoms with Gasteiger partial charge in [0.1, 0.15) is 0 Å². The number of nitrogens with one attached hydrogen (secondary N) is 2. The molecular weight excluding hydrogens is 410 g/mol. The van der Waals surface area contributed by atoms with E-state index in [0.29, 0.717) is 11.8 Å². The van der Waals surface area contributed by atoms with Gasteiger partial charge >= 0.3 is 6.03 Å². The number of piperidine rings is 1. The lowest BCUT2D eigenvalue weighted by Gasteiger charge is -2.38. The fourth-order valence-electron chi connectivity index (χ4n) is 6.04. The van der Waals surface area contributed by atoms with Crippen LogP contribution in [-0.4, -0.2) is 57.4 Å². The first kappa shape index (κ1) is 26.0. The van der Waals surface area contributed by atoms with Crippen LogP contribution in [0.15, 0.2) is 30.3 Å². The number of unbranched alkanes of at least 4 members (excludes halogenated alkanes) is 1. The van der Waals surface area contributed by atoms with Crippen LogP contribution in [0.3, 0.4) is 0 Å². The fraction of sp³-hybridized carbons (Fsp3) is 0.750. The van der Waals surface area contributed by atoms with Gasteiger partial charge in [-0.3, -0.25) is 0 Å². The molecule has 5 heteroatoms. The van der Waals surface area contributed by atoms with E-state index in [2.05, 4.69) is 45.9 Å². The molecule has 2 fully saturated rings. The molecule has 2 amide bonds. The van der Waals surface area contributed by atoms with E-state index in [1.54, 1.807) is 7.11 Å². The summed E-state index contributed by atoms with van der Waals surface area (Å²) in [6.07, 6.45) is 13.6. The molecule has 0 aromatic heterocycles. The monoisotopic (exact) mass is 457 g/mol. The molecule has 0 bridgehead atoms. The van der Waals surface area contributed by atoms with Crippen LogP contribution in [0.4, 0.5) is 4.79 Å². The van der Waals surface area contributed by atoms with E-state index >= 15 is 0 Å². The van der Waals surface area contributed by atoms with Gasteiger partial charge in [-0.15, -0.1) is 0 Å². The summed E-state index contributed by atoms with van der Waals surface area (Å²) in [5, 5.41) is 6.71. The first-order valence-electron chi connectivity index (χ1n) is 13.4. The van der Waals surface area contributed by atoms with Crippen molar-refractivity contribution in [1.29, 1.82) is 0 Å². The molecule has 1 aromatic carbocycles. The lowest BCUT2D eigenvalue weighted by molar-refractivity contribution is 0.147. The number of carbonyl (C=O) groups is 1. The largest absolute Gasteiger partial charge is 0.385 e. The first-order valence-corrected chi connectivity index (χ1v) is 13.4. The normalized spacial score (nSPS) is 21.5. The Balaban J connectivity index is 1.59. The molecule has 1 aromatic rings. The summed E-state index contributed by atoms with van der Waals surface area (Å²) in [6, 6.07) is 11.3. The average Bonchev–Trinajstić information content (AvgIpc) is 2.85. The molecular formula is C28H47N3O2. The summed E-state index contributed by atoms with van der Waals surface area (Å²) >= 11 is 0. The highest BCUT2D eigenvalue weighted by molar-refractivity contribution is 5.74. The zero-order valence-corrected chi connectivity index (χ0v) is 21.1. The number of amides is 2. The Morgan fingerprint density at radius 3 is 2.61 bits per heavy atom. The van der Waals surface area contributed by atoms with Gasteiger partial charge in [-0.2, -0.15) is 0 Å². The third-order valence-electron chi connectivity index (χ3n) is 7.78. The second-order valence-corrected chi connectivity index (χ2v) is 10.3. The van der Waals surface area contributed by atoms with Gasteiger partial charge in [-0.25, -0.2) is 4.79 Å². The van der Waals surface area contributed by atoms with Crippen LogP contribution in [0.5, 0.6) is 0 Å². The summed E-state index contributed by atoms with van der Waals surface area (Å²) in [4.78, 5) is 15.4. The molecule has 1 saturated carbocycles. The van der Waals surface area contributed by atoms with Crippen LogP contribution in [0, 0.1) is 11.8 Å². The SMILES string of the molecule is CNC[C@H](CC1CCCCC1)NC(=O)N1CCCC(C(CCCCOC)c2ccccc2)C1. The van der Waals surface area contributed by atoms with Gasteiger partial charge in [0.05, 0.1) is 0 Å². The van der Waals surface area contributed by atoms with Gasteiger partial charge in [0, 0.05) is 39.4 Å². The molecule has 0 spiro atoms. The molecule has 1 heterocycles. The lowest BCUT2D eigenvalue weighted by atomic mass is 9.78. The number of likely N-dealkylation sites (tertiary alicyclic amines) is 1. The highest BCUT2D eigenvalue weighted by Crippen LogP contribution is 2.35. The Kier molecular flexibility index (Phi) is 11.5. The topological polar surface area (TPSA) is 53.6 Å². The van der Waals surface area contributed by atoms with Crippen molar-refractivity contribution in [2.45, 2.75) is 82.6 Å². The molecule has 2 N–H and O–H groups in total. The van der Waals surface area contributed by atoms with E-state index in [-0.39, 0.29) is 12.1 Å². The predicted molar refractivity (Wildman–Crippen MR) is 137 cm³/mol. The van der Waals surface area contributed by atoms with E-state index in [1.807, 2.05) is 7.05 Å². The number of benzene rings is 1. The highest BCUT2D eigenvalue weighted by atomic mass is 16.5. The van der Waals surface area contributed by atoms with Gasteiger partial charge < -0.3 is 20.3 Å². The number of rotatable bonds is 12. The fourth-order valence-corrected chi connectivity index (χ4v) is 6.04. The highest BCUT2D eigenvalue weighted by Gasteiger charge is 2.31. The smallest absolute Gasteiger partial charge is 0.317 e. The summed E-state index contributed by atoms with van der Waals surface area (Å²) < 4.78 is 5.27. The van der Waals surface area contributed by atoms with Crippen LogP contribution in [0.1, 0.15) is 82.1 Å². The Hall–Kier alpha value is -1.59. The number of carbonyl (C=O) groups excluding carboxylic acids is 1. The Labute approximate surface area is 202 Å². The van der Waals surface area contributed by atoms with Crippen molar-refractivity contribution in [3.8, 4) is 0 Å². The van der Waals surface area contributed by atoms with E-state index in [9.17, 15) is 4.79 Å². The third-order valence-corrected chi connectivity index (χ3v) is 7.78. The average molecular weight is 458 g/mol. The van der Waals surface area contributed by atoms with E-state index in [0.717, 1.165) is 57.8 Å². The van der Waals surface area contributed by atoms with Gasteiger partial charge in [-0.05, 0) is 62.5 Å². The van der Waals surface area contributed by atoms with E-state index < -0.39 is 0 Å². The van der Waals surface area contributed by atoms with Crippen molar-refractivity contribution >= 4 is 6.03 Å². The molecule has 2 aliphatic rings. The minimum Gasteiger partial charge on any atom is -0.385 e. The van der Waals surface area contributed by atoms with Crippen molar-refractivity contribution in [2.75, 3.05) is 40.4 Å². The second kappa shape index (κ2) is 14.6. The zero-order chi connectivity index (χ0) is 23.3. The van der Waals surface area contributed by atoms with Crippen molar-refractivity contribution in [2.24, 2.45) is 11.8 Å². The molecule has 5 nitrogen and oxygen atoms in total. The van der Waals surface area contributed by atoms with Gasteiger partial charge in [-0.1, -0.05) is 68.9 Å². The van der Waals surface area contributed by atoms with Crippen molar-refractivity contribution in [3.05, 3.63) is 35.9 Å². The predicted octanol–water partition coefficient (Wildman–Crippen LogP) is 5.57. The van der Waals surface area contributed by atoms with Crippen molar-refractivity contribution in [1.82, 2.24) is 15.5 Å². The molecule has 3 atom stereocenters. The summed E-state index contributed by atoms with van der Waals surface area (Å²) in [5.41, 5.74) is 1.42. The molecule has 186 valence electrons. The lowest BCUT2D eigenvalue weighted by Crippen LogP contribution is -2.51. The Morgan fingerprint density at radius 2 is 1.88 bits per heavy atom. The number of ether oxygens (including phenoxy) is 1. The van der Waals surface area contributed by atoms with E-state index in [4.69, 9.17) is 4.74 Å². The van der Waals surface area contributed by atoms with Crippen LogP contribution in [0.25, 0.3) is 0 Å². The minimum absolute atomic E-state index is 0.141. The molecule has 3 rings (SSSR count).